The van der Waals surface area contributed by atoms with Crippen LogP contribution in [-0.4, -0.2) is 48.4 Å². The largest absolute Gasteiger partial charge is 0.393 e. The molecule has 1 heterocycles. The molecule has 1 fully saturated rings. The van der Waals surface area contributed by atoms with E-state index in [1.807, 2.05) is 0 Å². The number of rotatable bonds is 4. The van der Waals surface area contributed by atoms with E-state index in [0.717, 1.165) is 18.4 Å². The molecule has 1 atom stereocenters. The Labute approximate surface area is 130 Å². The van der Waals surface area contributed by atoms with Crippen LogP contribution in [0.3, 0.4) is 0 Å². The molecule has 0 aromatic heterocycles. The maximum atomic E-state index is 13.2. The van der Waals surface area contributed by atoms with Crippen LogP contribution in [0.25, 0.3) is 0 Å². The van der Waals surface area contributed by atoms with Crippen molar-refractivity contribution in [2.75, 3.05) is 26.8 Å². The van der Waals surface area contributed by atoms with Gasteiger partial charge in [-0.3, -0.25) is 0 Å². The smallest absolute Gasteiger partial charge is 0.317 e. The SMILES string of the molecule is COC1(CO)CCCN(C(=O)NCc2ccc(F)c(C)c2)C1. The van der Waals surface area contributed by atoms with Crippen molar-refractivity contribution in [1.29, 1.82) is 0 Å². The Morgan fingerprint density at radius 3 is 2.95 bits per heavy atom. The minimum Gasteiger partial charge on any atom is -0.393 e. The highest BCUT2D eigenvalue weighted by Gasteiger charge is 2.36. The lowest BCUT2D eigenvalue weighted by molar-refractivity contribution is -0.0866. The molecule has 0 bridgehead atoms. The van der Waals surface area contributed by atoms with Crippen LogP contribution in [0.15, 0.2) is 18.2 Å². The number of amides is 2. The number of carbonyl (C=O) groups excluding carboxylic acids is 1. The highest BCUT2D eigenvalue weighted by atomic mass is 19.1. The Kier molecular flexibility index (Phi) is 5.37. The molecule has 0 aliphatic carbocycles. The van der Waals surface area contributed by atoms with Crippen LogP contribution in [0, 0.1) is 12.7 Å². The van der Waals surface area contributed by atoms with E-state index < -0.39 is 5.60 Å². The monoisotopic (exact) mass is 310 g/mol. The first kappa shape index (κ1) is 16.7. The van der Waals surface area contributed by atoms with Gasteiger partial charge >= 0.3 is 6.03 Å². The van der Waals surface area contributed by atoms with E-state index in [9.17, 15) is 14.3 Å². The number of nitrogens with one attached hydrogen (secondary N) is 1. The quantitative estimate of drug-likeness (QED) is 0.892. The Morgan fingerprint density at radius 1 is 1.55 bits per heavy atom. The van der Waals surface area contributed by atoms with E-state index >= 15 is 0 Å². The number of piperidine rings is 1. The predicted molar refractivity (Wildman–Crippen MR) is 81.0 cm³/mol. The second kappa shape index (κ2) is 7.07. The topological polar surface area (TPSA) is 61.8 Å². The maximum Gasteiger partial charge on any atom is 0.317 e. The van der Waals surface area contributed by atoms with Crippen molar-refractivity contribution in [3.63, 3.8) is 0 Å². The summed E-state index contributed by atoms with van der Waals surface area (Å²) in [5.41, 5.74) is 0.745. The van der Waals surface area contributed by atoms with Crippen molar-refractivity contribution in [3.8, 4) is 0 Å². The van der Waals surface area contributed by atoms with E-state index in [1.54, 1.807) is 31.1 Å². The molecule has 1 unspecified atom stereocenters. The number of carbonyl (C=O) groups is 1. The summed E-state index contributed by atoms with van der Waals surface area (Å²) in [6.07, 6.45) is 1.53. The van der Waals surface area contributed by atoms with Crippen molar-refractivity contribution in [2.45, 2.75) is 31.9 Å². The zero-order chi connectivity index (χ0) is 16.2. The van der Waals surface area contributed by atoms with Gasteiger partial charge in [0.15, 0.2) is 0 Å². The highest BCUT2D eigenvalue weighted by Crippen LogP contribution is 2.24. The number of urea groups is 1. The summed E-state index contributed by atoms with van der Waals surface area (Å²) in [5, 5.41) is 12.3. The zero-order valence-electron chi connectivity index (χ0n) is 13.1. The molecule has 1 aromatic rings. The Hall–Kier alpha value is -1.66. The van der Waals surface area contributed by atoms with Crippen molar-refractivity contribution in [1.82, 2.24) is 10.2 Å². The van der Waals surface area contributed by atoms with E-state index in [1.165, 1.54) is 6.07 Å². The third kappa shape index (κ3) is 3.75. The lowest BCUT2D eigenvalue weighted by Crippen LogP contribution is -2.55. The lowest BCUT2D eigenvalue weighted by Gasteiger charge is -2.40. The van der Waals surface area contributed by atoms with Gasteiger partial charge in [0.05, 0.1) is 13.2 Å². The molecule has 1 saturated heterocycles. The summed E-state index contributed by atoms with van der Waals surface area (Å²) in [5.74, 6) is -0.251. The third-order valence-corrected chi connectivity index (χ3v) is 4.21. The van der Waals surface area contributed by atoms with Gasteiger partial charge in [-0.25, -0.2) is 9.18 Å². The third-order valence-electron chi connectivity index (χ3n) is 4.21. The predicted octanol–water partition coefficient (Wildman–Crippen LogP) is 1.82. The van der Waals surface area contributed by atoms with Crippen molar-refractivity contribution in [3.05, 3.63) is 35.1 Å². The molecule has 2 amide bonds. The van der Waals surface area contributed by atoms with E-state index in [-0.39, 0.29) is 18.5 Å². The number of aliphatic hydroxyl groups is 1. The molecule has 2 N–H and O–H groups in total. The molecule has 1 aliphatic heterocycles. The Bertz CT molecular complexity index is 532. The first-order chi connectivity index (χ1) is 10.5. The molecule has 5 nitrogen and oxygen atoms in total. The number of methoxy groups -OCH3 is 1. The zero-order valence-corrected chi connectivity index (χ0v) is 13.1. The molecule has 6 heteroatoms. The van der Waals surface area contributed by atoms with Gasteiger partial charge in [0, 0.05) is 20.2 Å². The molecular weight excluding hydrogens is 287 g/mol. The number of hydrogen-bond acceptors (Lipinski definition) is 3. The van der Waals surface area contributed by atoms with Crippen molar-refractivity contribution >= 4 is 6.03 Å². The van der Waals surface area contributed by atoms with Gasteiger partial charge in [0.2, 0.25) is 0 Å². The van der Waals surface area contributed by atoms with Crippen LogP contribution in [0.4, 0.5) is 9.18 Å². The van der Waals surface area contributed by atoms with Gasteiger partial charge in [-0.05, 0) is 37.0 Å². The Morgan fingerprint density at radius 2 is 2.32 bits per heavy atom. The molecular formula is C16H23FN2O3. The summed E-state index contributed by atoms with van der Waals surface area (Å²) >= 11 is 0. The van der Waals surface area contributed by atoms with E-state index in [4.69, 9.17) is 4.74 Å². The molecule has 122 valence electrons. The molecule has 0 saturated carbocycles. The maximum absolute atomic E-state index is 13.2. The van der Waals surface area contributed by atoms with Gasteiger partial charge < -0.3 is 20.1 Å². The first-order valence-corrected chi connectivity index (χ1v) is 7.43. The van der Waals surface area contributed by atoms with Gasteiger partial charge in [-0.2, -0.15) is 0 Å². The fourth-order valence-corrected chi connectivity index (χ4v) is 2.74. The normalized spacial score (nSPS) is 21.7. The highest BCUT2D eigenvalue weighted by molar-refractivity contribution is 5.74. The standard InChI is InChI=1S/C16H23FN2O3/c1-12-8-13(4-5-14(12)17)9-18-15(21)19-7-3-6-16(10-19,11-20)22-2/h4-5,8,20H,3,6-7,9-11H2,1-2H3,(H,18,21). The van der Waals surface area contributed by atoms with E-state index in [0.29, 0.717) is 25.2 Å². The number of aryl methyl sites for hydroxylation is 1. The number of aliphatic hydroxyl groups excluding tert-OH is 1. The number of halogens is 1. The summed E-state index contributed by atoms with van der Waals surface area (Å²) < 4.78 is 18.6. The summed E-state index contributed by atoms with van der Waals surface area (Å²) in [6, 6.07) is 4.58. The minimum atomic E-state index is -0.665. The second-order valence-electron chi connectivity index (χ2n) is 5.81. The average Bonchev–Trinajstić information content (AvgIpc) is 2.55. The lowest BCUT2D eigenvalue weighted by atomic mass is 9.93. The van der Waals surface area contributed by atoms with Crippen LogP contribution in [0.2, 0.25) is 0 Å². The molecule has 1 aromatic carbocycles. The Balaban J connectivity index is 1.93. The van der Waals surface area contributed by atoms with Crippen molar-refractivity contribution in [2.24, 2.45) is 0 Å². The van der Waals surface area contributed by atoms with Crippen LogP contribution < -0.4 is 5.32 Å². The summed E-state index contributed by atoms with van der Waals surface area (Å²) in [6.45, 7) is 2.94. The number of ether oxygens (including phenoxy) is 1. The minimum absolute atomic E-state index is 0.107. The van der Waals surface area contributed by atoms with Gasteiger partial charge in [0.25, 0.3) is 0 Å². The first-order valence-electron chi connectivity index (χ1n) is 7.43. The number of likely N-dealkylation sites (tertiary alicyclic amines) is 1. The van der Waals surface area contributed by atoms with Gasteiger partial charge in [-0.1, -0.05) is 12.1 Å². The van der Waals surface area contributed by atoms with E-state index in [2.05, 4.69) is 5.32 Å². The number of nitrogens with zero attached hydrogens (tertiary/aromatic N) is 1. The average molecular weight is 310 g/mol. The fraction of sp³-hybridized carbons (Fsp3) is 0.562. The molecule has 0 radical (unpaired) electrons. The molecule has 2 rings (SSSR count). The van der Waals surface area contributed by atoms with Gasteiger partial charge in [-0.15, -0.1) is 0 Å². The van der Waals surface area contributed by atoms with Crippen LogP contribution in [0.1, 0.15) is 24.0 Å². The van der Waals surface area contributed by atoms with Gasteiger partial charge in [0.1, 0.15) is 11.4 Å². The van der Waals surface area contributed by atoms with Crippen molar-refractivity contribution < 1.29 is 19.0 Å². The number of benzene rings is 1. The molecule has 1 aliphatic rings. The van der Waals surface area contributed by atoms with Crippen LogP contribution in [0.5, 0.6) is 0 Å². The number of hydrogen-bond donors (Lipinski definition) is 2. The van der Waals surface area contributed by atoms with Crippen LogP contribution in [-0.2, 0) is 11.3 Å². The molecule has 22 heavy (non-hydrogen) atoms. The summed E-state index contributed by atoms with van der Waals surface area (Å²) in [7, 11) is 1.55. The van der Waals surface area contributed by atoms with Crippen LogP contribution >= 0.6 is 0 Å². The fourth-order valence-electron chi connectivity index (χ4n) is 2.74. The summed E-state index contributed by atoms with van der Waals surface area (Å²) in [4.78, 5) is 13.9. The second-order valence-corrected chi connectivity index (χ2v) is 5.81. The molecule has 0 spiro atoms.